The number of nitrogens with zero attached hydrogens (tertiary/aromatic N) is 3. The fourth-order valence-corrected chi connectivity index (χ4v) is 3.40. The number of hydrogen-bond acceptors (Lipinski definition) is 6. The van der Waals surface area contributed by atoms with E-state index in [0.717, 1.165) is 22.2 Å². The second-order valence-electron chi connectivity index (χ2n) is 6.48. The van der Waals surface area contributed by atoms with Crippen LogP contribution in [-0.4, -0.2) is 22.8 Å². The van der Waals surface area contributed by atoms with Crippen molar-refractivity contribution in [3.05, 3.63) is 84.8 Å². The molecule has 152 valence electrons. The van der Waals surface area contributed by atoms with Crippen molar-refractivity contribution < 1.29 is 13.2 Å². The lowest BCUT2D eigenvalue weighted by Crippen LogP contribution is -2.08. The molecule has 0 aliphatic carbocycles. The van der Waals surface area contributed by atoms with Crippen molar-refractivity contribution >= 4 is 32.7 Å². The Kier molecular flexibility index (Phi) is 5.11. The molecule has 0 radical (unpaired) electrons. The summed E-state index contributed by atoms with van der Waals surface area (Å²) in [5.41, 5.74) is 3.14. The van der Waals surface area contributed by atoms with Gasteiger partial charge in [-0.15, -0.1) is 0 Å². The van der Waals surface area contributed by atoms with Gasteiger partial charge >= 0.3 is 0 Å². The fraction of sp³-hybridized carbons (Fsp3) is 0.0476. The van der Waals surface area contributed by atoms with E-state index in [9.17, 15) is 8.42 Å². The Bertz CT molecular complexity index is 1330. The minimum atomic E-state index is -3.60. The average molecular weight is 421 g/mol. The van der Waals surface area contributed by atoms with Crippen LogP contribution in [0.3, 0.4) is 0 Å². The normalized spacial score (nSPS) is 11.2. The maximum Gasteiger partial charge on any atom is 0.254 e. The van der Waals surface area contributed by atoms with Crippen molar-refractivity contribution in [2.45, 2.75) is 6.92 Å². The van der Waals surface area contributed by atoms with Gasteiger partial charge in [-0.25, -0.2) is 18.4 Å². The molecule has 0 bridgehead atoms. The van der Waals surface area contributed by atoms with Gasteiger partial charge in [-0.2, -0.15) is 0 Å². The van der Waals surface area contributed by atoms with Crippen LogP contribution in [0.4, 0.5) is 17.2 Å². The number of ether oxygens (including phenoxy) is 1. The quantitative estimate of drug-likeness (QED) is 0.457. The molecular formula is C21H19N5O3S. The average Bonchev–Trinajstić information content (AvgIpc) is 3.22. The van der Waals surface area contributed by atoms with Gasteiger partial charge in [0.2, 0.25) is 5.88 Å². The van der Waals surface area contributed by atoms with Crippen molar-refractivity contribution in [1.29, 1.82) is 0 Å². The molecule has 0 saturated carbocycles. The molecule has 4 rings (SSSR count). The van der Waals surface area contributed by atoms with Crippen LogP contribution in [0.1, 0.15) is 5.56 Å². The van der Waals surface area contributed by atoms with E-state index in [0.29, 0.717) is 23.1 Å². The number of hydrogen-bond donors (Lipinski definition) is 2. The van der Waals surface area contributed by atoms with Gasteiger partial charge in [0.05, 0.1) is 18.1 Å². The highest BCUT2D eigenvalue weighted by molar-refractivity contribution is 7.95. The second kappa shape index (κ2) is 7.88. The lowest BCUT2D eigenvalue weighted by atomic mass is 10.2. The zero-order chi connectivity index (χ0) is 21.1. The number of para-hydroxylation sites is 1. The fourth-order valence-electron chi connectivity index (χ4n) is 2.86. The number of aryl methyl sites for hydroxylation is 1. The maximum atomic E-state index is 11.7. The van der Waals surface area contributed by atoms with Crippen molar-refractivity contribution in [2.75, 3.05) is 10.0 Å². The number of rotatable bonds is 7. The first kappa shape index (κ1) is 19.5. The van der Waals surface area contributed by atoms with E-state index < -0.39 is 10.0 Å². The Hall–Kier alpha value is -3.85. The third kappa shape index (κ3) is 4.11. The standard InChI is InChI=1S/C21H19N5O3S/c1-3-30(27,28)25-16-8-6-9-17(11-16)29-20-13-23-21(19-12-22-14-26(19)20)24-18-10-5-4-7-15(18)2/h3-14,25H,1H2,2H3,(H,23,24). The molecule has 0 aliphatic rings. The number of nitrogens with one attached hydrogen (secondary N) is 2. The van der Waals surface area contributed by atoms with Crippen LogP contribution < -0.4 is 14.8 Å². The Morgan fingerprint density at radius 2 is 1.97 bits per heavy atom. The summed E-state index contributed by atoms with van der Waals surface area (Å²) in [4.78, 5) is 8.69. The SMILES string of the molecule is C=CS(=O)(=O)Nc1cccc(Oc2cnc(Nc3ccccc3C)c3cncn23)c1. The van der Waals surface area contributed by atoms with Crippen LogP contribution >= 0.6 is 0 Å². The molecule has 0 aliphatic heterocycles. The van der Waals surface area contributed by atoms with Gasteiger partial charge in [0, 0.05) is 17.2 Å². The van der Waals surface area contributed by atoms with E-state index in [4.69, 9.17) is 4.74 Å². The molecule has 0 fully saturated rings. The summed E-state index contributed by atoms with van der Waals surface area (Å²) in [6.45, 7) is 5.30. The summed E-state index contributed by atoms with van der Waals surface area (Å²) in [6, 6.07) is 14.5. The summed E-state index contributed by atoms with van der Waals surface area (Å²) in [7, 11) is -3.60. The highest BCUT2D eigenvalue weighted by Gasteiger charge is 2.12. The van der Waals surface area contributed by atoms with Gasteiger partial charge in [-0.3, -0.25) is 9.12 Å². The van der Waals surface area contributed by atoms with Crippen molar-refractivity contribution in [2.24, 2.45) is 0 Å². The molecule has 8 nitrogen and oxygen atoms in total. The summed E-state index contributed by atoms with van der Waals surface area (Å²) in [6.07, 6.45) is 4.89. The molecule has 2 aromatic carbocycles. The molecule has 30 heavy (non-hydrogen) atoms. The third-order valence-corrected chi connectivity index (χ3v) is 5.32. The minimum absolute atomic E-state index is 0.361. The van der Waals surface area contributed by atoms with Crippen LogP contribution in [0.15, 0.2) is 79.2 Å². The number of imidazole rings is 1. The van der Waals surface area contributed by atoms with E-state index in [1.54, 1.807) is 47.4 Å². The van der Waals surface area contributed by atoms with E-state index in [2.05, 4.69) is 26.6 Å². The molecule has 4 aromatic rings. The summed E-state index contributed by atoms with van der Waals surface area (Å²) in [5, 5.41) is 4.17. The lowest BCUT2D eigenvalue weighted by molar-refractivity contribution is 0.454. The molecular weight excluding hydrogens is 402 g/mol. The zero-order valence-electron chi connectivity index (χ0n) is 16.1. The van der Waals surface area contributed by atoms with E-state index in [1.165, 1.54) is 0 Å². The number of aromatic nitrogens is 3. The highest BCUT2D eigenvalue weighted by atomic mass is 32.2. The summed E-state index contributed by atoms with van der Waals surface area (Å²) < 4.78 is 33.5. The Morgan fingerprint density at radius 1 is 1.13 bits per heavy atom. The van der Waals surface area contributed by atoms with Crippen LogP contribution in [0, 0.1) is 6.92 Å². The van der Waals surface area contributed by atoms with Crippen LogP contribution in [-0.2, 0) is 10.0 Å². The smallest absolute Gasteiger partial charge is 0.254 e. The van der Waals surface area contributed by atoms with Crippen LogP contribution in [0.5, 0.6) is 11.6 Å². The van der Waals surface area contributed by atoms with E-state index in [1.807, 2.05) is 31.2 Å². The second-order valence-corrected chi connectivity index (χ2v) is 8.10. The molecule has 0 amide bonds. The van der Waals surface area contributed by atoms with Gasteiger partial charge < -0.3 is 10.1 Å². The lowest BCUT2D eigenvalue weighted by Gasteiger charge is -2.13. The number of benzene rings is 2. The number of sulfonamides is 1. The first-order chi connectivity index (χ1) is 14.4. The van der Waals surface area contributed by atoms with Crippen molar-refractivity contribution in [3.8, 4) is 11.6 Å². The van der Waals surface area contributed by atoms with Crippen LogP contribution in [0.25, 0.3) is 5.52 Å². The van der Waals surface area contributed by atoms with Gasteiger partial charge in [0.15, 0.2) is 5.82 Å². The monoisotopic (exact) mass is 421 g/mol. The van der Waals surface area contributed by atoms with Gasteiger partial charge in [0.1, 0.15) is 17.6 Å². The van der Waals surface area contributed by atoms with Crippen molar-refractivity contribution in [1.82, 2.24) is 14.4 Å². The predicted molar refractivity (Wildman–Crippen MR) is 117 cm³/mol. The van der Waals surface area contributed by atoms with Gasteiger partial charge in [-0.05, 0) is 30.7 Å². The third-order valence-electron chi connectivity index (χ3n) is 4.36. The first-order valence-electron chi connectivity index (χ1n) is 9.02. The van der Waals surface area contributed by atoms with Crippen molar-refractivity contribution in [3.63, 3.8) is 0 Å². The molecule has 0 unspecified atom stereocenters. The number of anilines is 3. The molecule has 2 heterocycles. The van der Waals surface area contributed by atoms with Crippen LogP contribution in [0.2, 0.25) is 0 Å². The van der Waals surface area contributed by atoms with E-state index in [-0.39, 0.29) is 0 Å². The minimum Gasteiger partial charge on any atom is -0.439 e. The molecule has 9 heteroatoms. The Labute approximate surface area is 173 Å². The van der Waals surface area contributed by atoms with E-state index >= 15 is 0 Å². The Balaban J connectivity index is 1.63. The topological polar surface area (TPSA) is 97.6 Å². The van der Waals surface area contributed by atoms with Gasteiger partial charge in [-0.1, -0.05) is 30.8 Å². The largest absolute Gasteiger partial charge is 0.439 e. The first-order valence-corrected chi connectivity index (χ1v) is 10.6. The predicted octanol–water partition coefficient (Wildman–Crippen LogP) is 4.46. The molecule has 2 aromatic heterocycles. The molecule has 0 saturated heterocycles. The summed E-state index contributed by atoms with van der Waals surface area (Å²) >= 11 is 0. The Morgan fingerprint density at radius 3 is 2.77 bits per heavy atom. The zero-order valence-corrected chi connectivity index (χ0v) is 16.9. The summed E-state index contributed by atoms with van der Waals surface area (Å²) in [5.74, 6) is 1.51. The molecule has 0 spiro atoms. The van der Waals surface area contributed by atoms with Gasteiger partial charge in [0.25, 0.3) is 10.0 Å². The number of fused-ring (bicyclic) bond motifs is 1. The molecule has 0 atom stereocenters. The maximum absolute atomic E-state index is 11.7. The molecule has 2 N–H and O–H groups in total. The highest BCUT2D eigenvalue weighted by Crippen LogP contribution is 2.29.